The van der Waals surface area contributed by atoms with Crippen LogP contribution in [0.3, 0.4) is 0 Å². The van der Waals surface area contributed by atoms with Crippen LogP contribution >= 0.6 is 12.4 Å². The fourth-order valence-corrected chi connectivity index (χ4v) is 3.04. The maximum atomic E-state index is 3.52. The van der Waals surface area contributed by atoms with Crippen molar-refractivity contribution in [2.75, 3.05) is 39.8 Å². The molecule has 0 amide bonds. The van der Waals surface area contributed by atoms with Gasteiger partial charge in [0.25, 0.3) is 0 Å². The second kappa shape index (κ2) is 6.93. The summed E-state index contributed by atoms with van der Waals surface area (Å²) in [5, 5.41) is 3.52. The molecule has 1 N–H and O–H groups in total. The van der Waals surface area contributed by atoms with Gasteiger partial charge in [-0.15, -0.1) is 12.4 Å². The predicted octanol–water partition coefficient (Wildman–Crippen LogP) is 1.43. The van der Waals surface area contributed by atoms with E-state index in [0.717, 1.165) is 12.0 Å². The zero-order valence-electron chi connectivity index (χ0n) is 11.5. The molecule has 0 aromatic carbocycles. The highest BCUT2D eigenvalue weighted by molar-refractivity contribution is 5.85. The highest BCUT2D eigenvalue weighted by Gasteiger charge is 2.28. The fourth-order valence-electron chi connectivity index (χ4n) is 3.04. The predicted molar refractivity (Wildman–Crippen MR) is 76.0 cm³/mol. The van der Waals surface area contributed by atoms with Crippen LogP contribution in [0.5, 0.6) is 0 Å². The van der Waals surface area contributed by atoms with Crippen LogP contribution in [0.25, 0.3) is 0 Å². The molecule has 2 fully saturated rings. The standard InChI is InChI=1S/C13H27N3.ClH/c1-11-9-16(12(2)8-15(11)3)10-13-5-4-6-14-7-13;/h11-14H,4-10H2,1-3H3;1H. The second-order valence-electron chi connectivity index (χ2n) is 5.80. The van der Waals surface area contributed by atoms with Crippen molar-refractivity contribution in [2.45, 2.75) is 38.8 Å². The van der Waals surface area contributed by atoms with E-state index in [4.69, 9.17) is 0 Å². The van der Waals surface area contributed by atoms with Gasteiger partial charge in [0.05, 0.1) is 0 Å². The summed E-state index contributed by atoms with van der Waals surface area (Å²) in [7, 11) is 2.25. The van der Waals surface area contributed by atoms with Gasteiger partial charge in [-0.05, 0) is 52.7 Å². The number of hydrogen-bond donors (Lipinski definition) is 1. The summed E-state index contributed by atoms with van der Waals surface area (Å²) in [6.07, 6.45) is 2.78. The van der Waals surface area contributed by atoms with Crippen molar-refractivity contribution in [3.8, 4) is 0 Å². The summed E-state index contributed by atoms with van der Waals surface area (Å²) < 4.78 is 0. The molecule has 0 aliphatic carbocycles. The third-order valence-corrected chi connectivity index (χ3v) is 4.32. The Labute approximate surface area is 112 Å². The van der Waals surface area contributed by atoms with E-state index in [1.54, 1.807) is 0 Å². The van der Waals surface area contributed by atoms with Crippen LogP contribution in [0, 0.1) is 5.92 Å². The number of nitrogens with one attached hydrogen (secondary N) is 1. The van der Waals surface area contributed by atoms with Gasteiger partial charge in [-0.1, -0.05) is 0 Å². The number of nitrogens with zero attached hydrogens (tertiary/aromatic N) is 2. The van der Waals surface area contributed by atoms with Gasteiger partial charge in [-0.25, -0.2) is 0 Å². The molecule has 2 saturated heterocycles. The van der Waals surface area contributed by atoms with Crippen molar-refractivity contribution in [1.82, 2.24) is 15.1 Å². The normalized spacial score (nSPS) is 36.5. The van der Waals surface area contributed by atoms with Crippen molar-refractivity contribution in [3.05, 3.63) is 0 Å². The lowest BCUT2D eigenvalue weighted by Gasteiger charge is -2.44. The molecule has 2 aliphatic heterocycles. The van der Waals surface area contributed by atoms with Crippen LogP contribution in [-0.4, -0.2) is 61.7 Å². The molecule has 2 heterocycles. The Balaban J connectivity index is 0.00000144. The molecule has 0 saturated carbocycles. The smallest absolute Gasteiger partial charge is 0.0195 e. The Kier molecular flexibility index (Phi) is 6.21. The van der Waals surface area contributed by atoms with Gasteiger partial charge in [0.2, 0.25) is 0 Å². The van der Waals surface area contributed by atoms with E-state index in [1.807, 2.05) is 0 Å². The minimum absolute atomic E-state index is 0. The fraction of sp³-hybridized carbons (Fsp3) is 1.00. The Bertz CT molecular complexity index is 219. The van der Waals surface area contributed by atoms with Crippen molar-refractivity contribution in [3.63, 3.8) is 0 Å². The molecule has 2 aliphatic rings. The van der Waals surface area contributed by atoms with Gasteiger partial charge < -0.3 is 10.2 Å². The molecule has 17 heavy (non-hydrogen) atoms. The molecule has 4 heteroatoms. The van der Waals surface area contributed by atoms with Crippen LogP contribution in [-0.2, 0) is 0 Å². The lowest BCUT2D eigenvalue weighted by molar-refractivity contribution is 0.0456. The SMILES string of the molecule is CC1CN(CC2CCCNC2)C(C)CN1C.Cl. The maximum Gasteiger partial charge on any atom is 0.0195 e. The van der Waals surface area contributed by atoms with Crippen molar-refractivity contribution in [1.29, 1.82) is 0 Å². The number of hydrogen-bond acceptors (Lipinski definition) is 3. The van der Waals surface area contributed by atoms with E-state index in [2.05, 4.69) is 36.0 Å². The summed E-state index contributed by atoms with van der Waals surface area (Å²) in [6, 6.07) is 1.44. The topological polar surface area (TPSA) is 18.5 Å². The lowest BCUT2D eigenvalue weighted by atomic mass is 9.97. The molecule has 0 aromatic rings. The first kappa shape index (κ1) is 15.2. The highest BCUT2D eigenvalue weighted by atomic mass is 35.5. The van der Waals surface area contributed by atoms with E-state index < -0.39 is 0 Å². The number of piperazine rings is 1. The maximum absolute atomic E-state index is 3.52. The lowest BCUT2D eigenvalue weighted by Crippen LogP contribution is -2.56. The van der Waals surface area contributed by atoms with Gasteiger partial charge >= 0.3 is 0 Å². The quantitative estimate of drug-likeness (QED) is 0.812. The van der Waals surface area contributed by atoms with E-state index in [9.17, 15) is 0 Å². The Hall–Kier alpha value is 0.170. The van der Waals surface area contributed by atoms with E-state index in [1.165, 1.54) is 45.6 Å². The highest BCUT2D eigenvalue weighted by Crippen LogP contribution is 2.18. The first-order valence-electron chi connectivity index (χ1n) is 6.82. The van der Waals surface area contributed by atoms with Gasteiger partial charge in [0, 0.05) is 31.7 Å². The summed E-state index contributed by atoms with van der Waals surface area (Å²) in [5.41, 5.74) is 0. The molecule has 0 bridgehead atoms. The summed E-state index contributed by atoms with van der Waals surface area (Å²) in [6.45, 7) is 10.9. The third-order valence-electron chi connectivity index (χ3n) is 4.32. The Morgan fingerprint density at radius 1 is 1.18 bits per heavy atom. The molecule has 102 valence electrons. The van der Waals surface area contributed by atoms with Crippen LogP contribution in [0.2, 0.25) is 0 Å². The first-order valence-corrected chi connectivity index (χ1v) is 6.82. The van der Waals surface area contributed by atoms with E-state index in [-0.39, 0.29) is 12.4 Å². The van der Waals surface area contributed by atoms with Crippen LogP contribution in [0.15, 0.2) is 0 Å². The largest absolute Gasteiger partial charge is 0.316 e. The number of rotatable bonds is 2. The van der Waals surface area contributed by atoms with Gasteiger partial charge in [0.1, 0.15) is 0 Å². The molecule has 0 aromatic heterocycles. The van der Waals surface area contributed by atoms with E-state index in [0.29, 0.717) is 6.04 Å². The molecule has 0 spiro atoms. The summed E-state index contributed by atoms with van der Waals surface area (Å²) in [4.78, 5) is 5.18. The number of piperidine rings is 1. The van der Waals surface area contributed by atoms with E-state index >= 15 is 0 Å². The molecule has 2 rings (SSSR count). The van der Waals surface area contributed by atoms with Crippen molar-refractivity contribution >= 4 is 12.4 Å². The van der Waals surface area contributed by atoms with Crippen LogP contribution < -0.4 is 5.32 Å². The molecule has 3 atom stereocenters. The van der Waals surface area contributed by atoms with Crippen LogP contribution in [0.4, 0.5) is 0 Å². The van der Waals surface area contributed by atoms with Crippen molar-refractivity contribution in [2.24, 2.45) is 5.92 Å². The third kappa shape index (κ3) is 4.09. The summed E-state index contributed by atoms with van der Waals surface area (Å²) in [5.74, 6) is 0.881. The van der Waals surface area contributed by atoms with Gasteiger partial charge in [0.15, 0.2) is 0 Å². The van der Waals surface area contributed by atoms with Crippen LogP contribution in [0.1, 0.15) is 26.7 Å². The first-order chi connectivity index (χ1) is 7.66. The second-order valence-corrected chi connectivity index (χ2v) is 5.80. The minimum Gasteiger partial charge on any atom is -0.316 e. The Morgan fingerprint density at radius 3 is 2.59 bits per heavy atom. The minimum atomic E-state index is 0. The number of likely N-dealkylation sites (N-methyl/N-ethyl adjacent to an activating group) is 1. The molecule has 3 unspecified atom stereocenters. The zero-order chi connectivity index (χ0) is 11.5. The molecular formula is C13H28ClN3. The molecular weight excluding hydrogens is 234 g/mol. The van der Waals surface area contributed by atoms with Gasteiger partial charge in [-0.3, -0.25) is 4.90 Å². The zero-order valence-corrected chi connectivity index (χ0v) is 12.3. The molecule has 0 radical (unpaired) electrons. The molecule has 3 nitrogen and oxygen atoms in total. The average molecular weight is 262 g/mol. The van der Waals surface area contributed by atoms with Crippen molar-refractivity contribution < 1.29 is 0 Å². The Morgan fingerprint density at radius 2 is 1.94 bits per heavy atom. The van der Waals surface area contributed by atoms with Gasteiger partial charge in [-0.2, -0.15) is 0 Å². The summed E-state index contributed by atoms with van der Waals surface area (Å²) >= 11 is 0. The average Bonchev–Trinajstić information content (AvgIpc) is 2.27. The monoisotopic (exact) mass is 261 g/mol. The number of halogens is 1.